The summed E-state index contributed by atoms with van der Waals surface area (Å²) in [5.74, 6) is 0.104. The fourth-order valence-electron chi connectivity index (χ4n) is 3.49. The summed E-state index contributed by atoms with van der Waals surface area (Å²) >= 11 is 0. The highest BCUT2D eigenvalue weighted by Gasteiger charge is 2.38. The number of hydrogen-bond acceptors (Lipinski definition) is 6. The number of allylic oxidation sites excluding steroid dienone is 1. The second-order valence-corrected chi connectivity index (χ2v) is 7.08. The number of hydrogen-bond donors (Lipinski definition) is 0. The van der Waals surface area contributed by atoms with Crippen molar-refractivity contribution in [2.24, 2.45) is 0 Å². The molecule has 0 amide bonds. The summed E-state index contributed by atoms with van der Waals surface area (Å²) in [6.07, 6.45) is 1.55. The summed E-state index contributed by atoms with van der Waals surface area (Å²) in [5, 5.41) is 11.2. The molecule has 1 aliphatic heterocycles. The Hall–Kier alpha value is -3.35. The largest absolute Gasteiger partial charge is 0.496 e. The van der Waals surface area contributed by atoms with Crippen molar-refractivity contribution in [3.63, 3.8) is 0 Å². The molecular formula is C21H22N2O5. The normalized spacial score (nSPS) is 16.0. The minimum absolute atomic E-state index is 0.0277. The Morgan fingerprint density at radius 2 is 1.96 bits per heavy atom. The first-order chi connectivity index (χ1) is 13.3. The van der Waals surface area contributed by atoms with Crippen LogP contribution in [0.2, 0.25) is 0 Å². The summed E-state index contributed by atoms with van der Waals surface area (Å²) in [7, 11) is 3.34. The van der Waals surface area contributed by atoms with E-state index in [-0.39, 0.29) is 29.2 Å². The number of anilines is 1. The van der Waals surface area contributed by atoms with Crippen molar-refractivity contribution in [3.05, 3.63) is 69.9 Å². The first kappa shape index (κ1) is 19.4. The lowest BCUT2D eigenvalue weighted by Gasteiger charge is -2.23. The average molecular weight is 382 g/mol. The maximum Gasteiger partial charge on any atom is 0.314 e. The molecule has 7 nitrogen and oxygen atoms in total. The van der Waals surface area contributed by atoms with Crippen molar-refractivity contribution < 1.29 is 19.2 Å². The predicted molar refractivity (Wildman–Crippen MR) is 106 cm³/mol. The van der Waals surface area contributed by atoms with Crippen LogP contribution < -0.4 is 14.4 Å². The van der Waals surface area contributed by atoms with E-state index in [4.69, 9.17) is 9.47 Å². The molecule has 7 heteroatoms. The van der Waals surface area contributed by atoms with Gasteiger partial charge in [0.05, 0.1) is 18.1 Å². The van der Waals surface area contributed by atoms with Crippen LogP contribution in [-0.2, 0) is 10.2 Å². The third-order valence-corrected chi connectivity index (χ3v) is 4.97. The van der Waals surface area contributed by atoms with E-state index in [1.54, 1.807) is 12.1 Å². The third kappa shape index (κ3) is 3.43. The highest BCUT2D eigenvalue weighted by atomic mass is 16.6. The van der Waals surface area contributed by atoms with E-state index >= 15 is 0 Å². The van der Waals surface area contributed by atoms with E-state index in [1.807, 2.05) is 36.2 Å². The lowest BCUT2D eigenvalue weighted by Crippen LogP contribution is -2.25. The van der Waals surface area contributed by atoms with Crippen molar-refractivity contribution in [1.29, 1.82) is 0 Å². The average Bonchev–Trinajstić information content (AvgIpc) is 2.87. The van der Waals surface area contributed by atoms with E-state index in [9.17, 15) is 14.9 Å². The van der Waals surface area contributed by atoms with Gasteiger partial charge in [-0.15, -0.1) is 0 Å². The van der Waals surface area contributed by atoms with Crippen LogP contribution in [0.1, 0.15) is 19.4 Å². The monoisotopic (exact) mass is 382 g/mol. The third-order valence-electron chi connectivity index (χ3n) is 4.97. The number of nitro groups is 1. The summed E-state index contributed by atoms with van der Waals surface area (Å²) in [5.41, 5.74) is 2.48. The Morgan fingerprint density at radius 3 is 2.61 bits per heavy atom. The minimum atomic E-state index is -0.564. The molecule has 146 valence electrons. The van der Waals surface area contributed by atoms with E-state index in [1.165, 1.54) is 19.2 Å². The minimum Gasteiger partial charge on any atom is -0.496 e. The number of carbonyl (C=O) groups is 1. The molecule has 2 aromatic carbocycles. The van der Waals surface area contributed by atoms with Crippen molar-refractivity contribution in [2.75, 3.05) is 25.7 Å². The van der Waals surface area contributed by atoms with Gasteiger partial charge in [-0.3, -0.25) is 14.9 Å². The lowest BCUT2D eigenvalue weighted by molar-refractivity contribution is -0.385. The lowest BCUT2D eigenvalue weighted by atomic mass is 9.83. The van der Waals surface area contributed by atoms with Crippen LogP contribution in [0, 0.1) is 10.1 Å². The molecule has 2 aromatic rings. The van der Waals surface area contributed by atoms with E-state index in [0.717, 1.165) is 16.9 Å². The Balaban J connectivity index is 1.79. The van der Waals surface area contributed by atoms with Gasteiger partial charge in [-0.05, 0) is 23.8 Å². The molecule has 0 N–H and O–H groups in total. The molecule has 1 heterocycles. The number of ether oxygens (including phenoxy) is 2. The summed E-state index contributed by atoms with van der Waals surface area (Å²) in [6, 6.07) is 12.2. The predicted octanol–water partition coefficient (Wildman–Crippen LogP) is 3.86. The van der Waals surface area contributed by atoms with E-state index in [2.05, 4.69) is 13.8 Å². The molecule has 0 aromatic heterocycles. The second kappa shape index (κ2) is 7.34. The maximum atomic E-state index is 12.5. The maximum absolute atomic E-state index is 12.5. The quantitative estimate of drug-likeness (QED) is 0.429. The van der Waals surface area contributed by atoms with Gasteiger partial charge in [0, 0.05) is 29.9 Å². The van der Waals surface area contributed by atoms with Crippen molar-refractivity contribution >= 4 is 17.2 Å². The standard InChI is InChI=1S/C21H22N2O5/c1-21(2)16-7-5-6-8-17(16)22(3)20(21)11-14(24)13-28-19-10-9-15(27-4)12-18(19)23(25)26/h5-12H,13H2,1-4H3/b20-11+. The van der Waals surface area contributed by atoms with Crippen LogP contribution in [0.15, 0.2) is 54.2 Å². The van der Waals surface area contributed by atoms with Gasteiger partial charge in [-0.25, -0.2) is 0 Å². The van der Waals surface area contributed by atoms with E-state index < -0.39 is 4.92 Å². The van der Waals surface area contributed by atoms with Crippen LogP contribution in [0.25, 0.3) is 0 Å². The van der Waals surface area contributed by atoms with Gasteiger partial charge in [0.2, 0.25) is 0 Å². The molecule has 0 atom stereocenters. The molecule has 0 saturated carbocycles. The van der Waals surface area contributed by atoms with Crippen LogP contribution in [0.3, 0.4) is 0 Å². The Morgan fingerprint density at radius 1 is 1.25 bits per heavy atom. The first-order valence-corrected chi connectivity index (χ1v) is 8.79. The Labute approximate surface area is 163 Å². The van der Waals surface area contributed by atoms with E-state index in [0.29, 0.717) is 5.75 Å². The van der Waals surface area contributed by atoms with Crippen molar-refractivity contribution in [1.82, 2.24) is 0 Å². The first-order valence-electron chi connectivity index (χ1n) is 8.79. The number of likely N-dealkylation sites (N-methyl/N-ethyl adjacent to an activating group) is 1. The molecule has 0 saturated heterocycles. The molecule has 1 aliphatic rings. The van der Waals surface area contributed by atoms with Crippen molar-refractivity contribution in [2.45, 2.75) is 19.3 Å². The summed E-state index contributed by atoms with van der Waals surface area (Å²) < 4.78 is 10.4. The number of benzene rings is 2. The molecule has 0 aliphatic carbocycles. The van der Waals surface area contributed by atoms with Crippen LogP contribution in [-0.4, -0.2) is 31.5 Å². The molecule has 0 unspecified atom stereocenters. The van der Waals surface area contributed by atoms with Gasteiger partial charge in [0.1, 0.15) is 5.75 Å². The van der Waals surface area contributed by atoms with Gasteiger partial charge in [0.25, 0.3) is 0 Å². The molecule has 28 heavy (non-hydrogen) atoms. The van der Waals surface area contributed by atoms with Crippen LogP contribution in [0.4, 0.5) is 11.4 Å². The molecule has 0 spiro atoms. The van der Waals surface area contributed by atoms with Gasteiger partial charge in [-0.2, -0.15) is 0 Å². The fraction of sp³-hybridized carbons (Fsp3) is 0.286. The number of para-hydroxylation sites is 1. The zero-order valence-electron chi connectivity index (χ0n) is 16.3. The number of methoxy groups -OCH3 is 1. The smallest absolute Gasteiger partial charge is 0.314 e. The Bertz CT molecular complexity index is 965. The molecule has 0 bridgehead atoms. The van der Waals surface area contributed by atoms with Gasteiger partial charge < -0.3 is 14.4 Å². The van der Waals surface area contributed by atoms with Crippen molar-refractivity contribution in [3.8, 4) is 11.5 Å². The topological polar surface area (TPSA) is 81.9 Å². The van der Waals surface area contributed by atoms with Gasteiger partial charge in [0.15, 0.2) is 18.1 Å². The fourth-order valence-corrected chi connectivity index (χ4v) is 3.49. The summed E-state index contributed by atoms with van der Waals surface area (Å²) in [6.45, 7) is 3.82. The number of carbonyl (C=O) groups excluding carboxylic acids is 1. The second-order valence-electron chi connectivity index (χ2n) is 7.08. The van der Waals surface area contributed by atoms with Gasteiger partial charge >= 0.3 is 5.69 Å². The Kier molecular flexibility index (Phi) is 5.09. The number of ketones is 1. The number of rotatable bonds is 6. The molecule has 0 fully saturated rings. The molecule has 3 rings (SSSR count). The van der Waals surface area contributed by atoms with Crippen LogP contribution >= 0.6 is 0 Å². The van der Waals surface area contributed by atoms with Gasteiger partial charge in [-0.1, -0.05) is 32.0 Å². The zero-order valence-corrected chi connectivity index (χ0v) is 16.3. The highest BCUT2D eigenvalue weighted by molar-refractivity contribution is 5.93. The number of nitro benzene ring substituents is 1. The molecular weight excluding hydrogens is 360 g/mol. The SMILES string of the molecule is COc1ccc(OCC(=O)/C=C2/N(C)c3ccccc3C2(C)C)c([N+](=O)[O-])c1. The van der Waals surface area contributed by atoms with Crippen LogP contribution in [0.5, 0.6) is 11.5 Å². The molecule has 0 radical (unpaired) electrons. The number of nitrogens with zero attached hydrogens (tertiary/aromatic N) is 2. The zero-order chi connectivity index (χ0) is 20.5. The number of fused-ring (bicyclic) bond motifs is 1. The highest BCUT2D eigenvalue weighted by Crippen LogP contribution is 2.46. The summed E-state index contributed by atoms with van der Waals surface area (Å²) in [4.78, 5) is 25.2.